The van der Waals surface area contributed by atoms with Crippen molar-refractivity contribution < 1.29 is 22.6 Å². The first-order valence-electron chi connectivity index (χ1n) is 5.76. The summed E-state index contributed by atoms with van der Waals surface area (Å²) in [5, 5.41) is 11.7. The molecule has 114 valence electrons. The van der Waals surface area contributed by atoms with Crippen LogP contribution in [0.15, 0.2) is 29.4 Å². The number of benzene rings is 1. The topological polar surface area (TPSA) is 62.1 Å². The summed E-state index contributed by atoms with van der Waals surface area (Å²) in [6.07, 6.45) is -4.71. The van der Waals surface area contributed by atoms with Crippen molar-refractivity contribution in [1.82, 2.24) is 20.2 Å². The van der Waals surface area contributed by atoms with E-state index in [2.05, 4.69) is 20.3 Å². The Bertz CT molecular complexity index is 574. The number of thioether (sulfide) groups is 1. The summed E-state index contributed by atoms with van der Waals surface area (Å²) in [5.74, 6) is 0.361. The van der Waals surface area contributed by atoms with Gasteiger partial charge < -0.3 is 9.47 Å². The monoisotopic (exact) mass is 320 g/mol. The molecular weight excluding hydrogens is 309 g/mol. The van der Waals surface area contributed by atoms with Crippen molar-refractivity contribution in [3.8, 4) is 11.4 Å². The zero-order valence-corrected chi connectivity index (χ0v) is 11.7. The fourth-order valence-corrected chi connectivity index (χ4v) is 2.23. The Labute approximate surface area is 122 Å². The normalized spacial score (nSPS) is 11.6. The molecule has 0 fully saturated rings. The highest BCUT2D eigenvalue weighted by molar-refractivity contribution is 7.99. The number of alkyl halides is 3. The molecule has 0 atom stereocenters. The van der Waals surface area contributed by atoms with E-state index in [0.717, 1.165) is 0 Å². The molecule has 0 saturated heterocycles. The SMILES string of the molecule is COCCSc1nnnn1-c1ccc(OC(F)(F)F)cc1. The van der Waals surface area contributed by atoms with E-state index in [0.29, 0.717) is 23.2 Å². The van der Waals surface area contributed by atoms with Gasteiger partial charge in [0.2, 0.25) is 5.16 Å². The number of nitrogens with zero attached hydrogens (tertiary/aromatic N) is 4. The molecule has 0 aliphatic rings. The van der Waals surface area contributed by atoms with Gasteiger partial charge in [-0.2, -0.15) is 4.68 Å². The lowest BCUT2D eigenvalue weighted by Gasteiger charge is -2.09. The van der Waals surface area contributed by atoms with Gasteiger partial charge in [-0.25, -0.2) is 0 Å². The summed E-state index contributed by atoms with van der Waals surface area (Å²) in [4.78, 5) is 0. The maximum absolute atomic E-state index is 12.1. The Hall–Kier alpha value is -1.81. The Kier molecular flexibility index (Phi) is 5.02. The van der Waals surface area contributed by atoms with E-state index in [1.165, 1.54) is 40.7 Å². The summed E-state index contributed by atoms with van der Waals surface area (Å²) >= 11 is 1.38. The molecule has 1 aromatic heterocycles. The predicted octanol–water partition coefficient (Wildman–Crippen LogP) is 2.30. The Morgan fingerprint density at radius 3 is 2.57 bits per heavy atom. The molecule has 21 heavy (non-hydrogen) atoms. The third-order valence-corrected chi connectivity index (χ3v) is 3.16. The van der Waals surface area contributed by atoms with Crippen molar-refractivity contribution in [3.63, 3.8) is 0 Å². The Balaban J connectivity index is 2.10. The summed E-state index contributed by atoms with van der Waals surface area (Å²) in [7, 11) is 1.59. The summed E-state index contributed by atoms with van der Waals surface area (Å²) in [5.41, 5.74) is 0.537. The van der Waals surface area contributed by atoms with Gasteiger partial charge in [0.05, 0.1) is 12.3 Å². The lowest BCUT2D eigenvalue weighted by Crippen LogP contribution is -2.17. The van der Waals surface area contributed by atoms with Crippen LogP contribution in [0.1, 0.15) is 0 Å². The molecule has 0 spiro atoms. The maximum atomic E-state index is 12.1. The molecule has 0 aliphatic heterocycles. The smallest absolute Gasteiger partial charge is 0.406 e. The van der Waals surface area contributed by atoms with E-state index in [1.807, 2.05) is 0 Å². The van der Waals surface area contributed by atoms with E-state index in [1.54, 1.807) is 7.11 Å². The molecule has 2 rings (SSSR count). The number of ether oxygens (including phenoxy) is 2. The number of hydrogen-bond acceptors (Lipinski definition) is 6. The van der Waals surface area contributed by atoms with Crippen molar-refractivity contribution in [1.29, 1.82) is 0 Å². The van der Waals surface area contributed by atoms with Crippen LogP contribution in [-0.4, -0.2) is 46.0 Å². The van der Waals surface area contributed by atoms with Gasteiger partial charge in [-0.05, 0) is 34.7 Å². The van der Waals surface area contributed by atoms with Gasteiger partial charge in [-0.15, -0.1) is 18.3 Å². The van der Waals surface area contributed by atoms with Crippen molar-refractivity contribution in [3.05, 3.63) is 24.3 Å². The highest BCUT2D eigenvalue weighted by Crippen LogP contribution is 2.24. The van der Waals surface area contributed by atoms with Crippen LogP contribution in [0.4, 0.5) is 13.2 Å². The first kappa shape index (κ1) is 15.6. The quantitative estimate of drug-likeness (QED) is 0.601. The summed E-state index contributed by atoms with van der Waals surface area (Å²) < 4.78 is 46.4. The molecule has 1 heterocycles. The third kappa shape index (κ3) is 4.60. The molecule has 10 heteroatoms. The van der Waals surface area contributed by atoms with E-state index in [-0.39, 0.29) is 5.75 Å². The van der Waals surface area contributed by atoms with Crippen molar-refractivity contribution >= 4 is 11.8 Å². The minimum Gasteiger partial charge on any atom is -0.406 e. The number of methoxy groups -OCH3 is 1. The third-order valence-electron chi connectivity index (χ3n) is 2.27. The second-order valence-electron chi connectivity index (χ2n) is 3.76. The average molecular weight is 320 g/mol. The van der Waals surface area contributed by atoms with E-state index < -0.39 is 6.36 Å². The van der Waals surface area contributed by atoms with E-state index >= 15 is 0 Å². The van der Waals surface area contributed by atoms with Crippen LogP contribution in [0.2, 0.25) is 0 Å². The fraction of sp³-hybridized carbons (Fsp3) is 0.364. The van der Waals surface area contributed by atoms with Crippen LogP contribution < -0.4 is 4.74 Å². The van der Waals surface area contributed by atoms with Crippen LogP contribution in [0.25, 0.3) is 5.69 Å². The lowest BCUT2D eigenvalue weighted by atomic mass is 10.3. The molecule has 0 N–H and O–H groups in total. The van der Waals surface area contributed by atoms with Gasteiger partial charge >= 0.3 is 6.36 Å². The summed E-state index contributed by atoms with van der Waals surface area (Å²) in [6.45, 7) is 0.538. The van der Waals surface area contributed by atoms with E-state index in [4.69, 9.17) is 4.74 Å². The van der Waals surface area contributed by atoms with Crippen LogP contribution in [-0.2, 0) is 4.74 Å². The number of tetrazole rings is 1. The van der Waals surface area contributed by atoms with Crippen molar-refractivity contribution in [2.75, 3.05) is 19.5 Å². The number of rotatable bonds is 6. The standard InChI is InChI=1S/C11H11F3N4O2S/c1-19-6-7-21-10-15-16-17-18(10)8-2-4-9(5-3-8)20-11(12,13)14/h2-5H,6-7H2,1H3. The maximum Gasteiger partial charge on any atom is 0.573 e. The van der Waals surface area contributed by atoms with Crippen molar-refractivity contribution in [2.24, 2.45) is 0 Å². The highest BCUT2D eigenvalue weighted by atomic mass is 32.2. The van der Waals surface area contributed by atoms with Crippen molar-refractivity contribution in [2.45, 2.75) is 11.5 Å². The van der Waals surface area contributed by atoms with Gasteiger partial charge in [0.1, 0.15) is 5.75 Å². The van der Waals surface area contributed by atoms with Gasteiger partial charge in [0.15, 0.2) is 0 Å². The minimum absolute atomic E-state index is 0.298. The zero-order valence-electron chi connectivity index (χ0n) is 10.9. The summed E-state index contributed by atoms with van der Waals surface area (Å²) in [6, 6.07) is 5.29. The first-order chi connectivity index (χ1) is 9.99. The zero-order chi connectivity index (χ0) is 15.3. The second kappa shape index (κ2) is 6.76. The van der Waals surface area contributed by atoms with Gasteiger partial charge in [0.25, 0.3) is 0 Å². The lowest BCUT2D eigenvalue weighted by molar-refractivity contribution is -0.274. The molecule has 0 saturated carbocycles. The van der Waals surface area contributed by atoms with Gasteiger partial charge in [-0.3, -0.25) is 0 Å². The van der Waals surface area contributed by atoms with Crippen LogP contribution in [0, 0.1) is 0 Å². The molecule has 2 aromatic rings. The second-order valence-corrected chi connectivity index (χ2v) is 4.82. The van der Waals surface area contributed by atoms with Crippen LogP contribution in [0.3, 0.4) is 0 Å². The van der Waals surface area contributed by atoms with Gasteiger partial charge in [-0.1, -0.05) is 11.8 Å². The van der Waals surface area contributed by atoms with Crippen LogP contribution >= 0.6 is 11.8 Å². The molecule has 0 amide bonds. The fourth-order valence-electron chi connectivity index (χ4n) is 1.44. The molecule has 6 nitrogen and oxygen atoms in total. The Morgan fingerprint density at radius 2 is 1.95 bits per heavy atom. The molecule has 0 unspecified atom stereocenters. The first-order valence-corrected chi connectivity index (χ1v) is 6.74. The molecule has 0 bridgehead atoms. The molecule has 0 aliphatic carbocycles. The minimum atomic E-state index is -4.71. The average Bonchev–Trinajstić information content (AvgIpc) is 2.86. The Morgan fingerprint density at radius 1 is 1.24 bits per heavy atom. The predicted molar refractivity (Wildman–Crippen MR) is 68.4 cm³/mol. The number of halogens is 3. The van der Waals surface area contributed by atoms with E-state index in [9.17, 15) is 13.2 Å². The number of aromatic nitrogens is 4. The molecule has 0 radical (unpaired) electrons. The van der Waals surface area contributed by atoms with Gasteiger partial charge in [0, 0.05) is 12.9 Å². The number of hydrogen-bond donors (Lipinski definition) is 0. The molecule has 1 aromatic carbocycles. The largest absolute Gasteiger partial charge is 0.573 e. The molecular formula is C11H11F3N4O2S. The van der Waals surface area contributed by atoms with Crippen LogP contribution in [0.5, 0.6) is 5.75 Å². The highest BCUT2D eigenvalue weighted by Gasteiger charge is 2.31.